The number of aromatic nitrogens is 1. The Morgan fingerprint density at radius 1 is 1.24 bits per heavy atom. The van der Waals surface area contributed by atoms with Crippen molar-refractivity contribution in [3.63, 3.8) is 0 Å². The van der Waals surface area contributed by atoms with Gasteiger partial charge in [0.25, 0.3) is 11.8 Å². The van der Waals surface area contributed by atoms with Crippen LogP contribution in [0.5, 0.6) is 0 Å². The Balaban J connectivity index is 2.05. The number of nitrogens with two attached hydrogens (primary N) is 1. The van der Waals surface area contributed by atoms with Crippen molar-refractivity contribution in [1.82, 2.24) is 15.0 Å². The molecule has 0 atom stereocenters. The molecular weight excluding hydrogens is 288 g/mol. The van der Waals surface area contributed by atoms with Gasteiger partial charge in [0, 0.05) is 13.6 Å². The van der Waals surface area contributed by atoms with Crippen LogP contribution < -0.4 is 16.4 Å². The highest BCUT2D eigenvalue weighted by Gasteiger charge is 2.21. The van der Waals surface area contributed by atoms with Crippen LogP contribution in [0.3, 0.4) is 0 Å². The van der Waals surface area contributed by atoms with Crippen LogP contribution in [-0.2, 0) is 6.54 Å². The first-order valence-corrected chi connectivity index (χ1v) is 7.11. The van der Waals surface area contributed by atoms with Crippen LogP contribution >= 0.6 is 11.5 Å². The summed E-state index contributed by atoms with van der Waals surface area (Å²) in [5.41, 5.74) is 8.14. The highest BCUT2D eigenvalue weighted by molar-refractivity contribution is 7.09. The molecule has 0 unspecified atom stereocenters. The third-order valence-corrected chi connectivity index (χ3v) is 3.81. The lowest BCUT2D eigenvalue weighted by Crippen LogP contribution is -2.24. The lowest BCUT2D eigenvalue weighted by molar-refractivity contribution is 0.0954. The van der Waals surface area contributed by atoms with E-state index in [0.29, 0.717) is 6.54 Å². The zero-order valence-electron chi connectivity index (χ0n) is 11.8. The van der Waals surface area contributed by atoms with Gasteiger partial charge in [-0.3, -0.25) is 9.59 Å². The maximum absolute atomic E-state index is 12.1. The molecule has 2 amide bonds. The molecular formula is C14H16N4O2S. The molecule has 2 aromatic rings. The highest BCUT2D eigenvalue weighted by atomic mass is 32.1. The van der Waals surface area contributed by atoms with Crippen molar-refractivity contribution in [1.29, 1.82) is 0 Å². The lowest BCUT2D eigenvalue weighted by atomic mass is 10.1. The Kier molecular flexibility index (Phi) is 4.54. The number of carbonyl (C=O) groups is 2. The van der Waals surface area contributed by atoms with Gasteiger partial charge < -0.3 is 16.4 Å². The predicted octanol–water partition coefficient (Wildman–Crippen LogP) is 1.32. The van der Waals surface area contributed by atoms with Crippen molar-refractivity contribution in [2.45, 2.75) is 13.5 Å². The topological polar surface area (TPSA) is 97.1 Å². The van der Waals surface area contributed by atoms with Gasteiger partial charge in [-0.2, -0.15) is 4.37 Å². The predicted molar refractivity (Wildman–Crippen MR) is 82.3 cm³/mol. The van der Waals surface area contributed by atoms with E-state index in [0.717, 1.165) is 22.7 Å². The minimum atomic E-state index is -0.402. The van der Waals surface area contributed by atoms with E-state index in [1.54, 1.807) is 0 Å². The largest absolute Gasteiger partial charge is 0.395 e. The quantitative estimate of drug-likeness (QED) is 0.793. The first-order chi connectivity index (χ1) is 10.0. The number of carbonyl (C=O) groups excluding carboxylic acids is 2. The Hall–Kier alpha value is -2.41. The van der Waals surface area contributed by atoms with Crippen molar-refractivity contribution >= 4 is 29.0 Å². The molecule has 0 aliphatic rings. The maximum Gasteiger partial charge on any atom is 0.272 e. The van der Waals surface area contributed by atoms with E-state index in [9.17, 15) is 9.59 Å². The summed E-state index contributed by atoms with van der Waals surface area (Å²) in [5.74, 6) is -0.734. The number of hydrogen-bond donors (Lipinski definition) is 3. The number of nitrogens with zero attached hydrogens (tertiary/aromatic N) is 1. The summed E-state index contributed by atoms with van der Waals surface area (Å²) < 4.78 is 3.92. The average Bonchev–Trinajstić information content (AvgIpc) is 2.87. The van der Waals surface area contributed by atoms with Gasteiger partial charge in [-0.25, -0.2) is 0 Å². The zero-order chi connectivity index (χ0) is 15.4. The van der Waals surface area contributed by atoms with Crippen molar-refractivity contribution in [3.05, 3.63) is 46.0 Å². The molecule has 0 spiro atoms. The normalized spacial score (nSPS) is 10.2. The summed E-state index contributed by atoms with van der Waals surface area (Å²) in [5, 5.41) is 5.20. The molecule has 21 heavy (non-hydrogen) atoms. The van der Waals surface area contributed by atoms with Gasteiger partial charge in [-0.1, -0.05) is 29.8 Å². The van der Waals surface area contributed by atoms with E-state index in [-0.39, 0.29) is 22.2 Å². The molecule has 0 bridgehead atoms. The molecule has 2 rings (SSSR count). The number of benzene rings is 1. The van der Waals surface area contributed by atoms with Crippen LogP contribution in [0.4, 0.5) is 5.69 Å². The van der Waals surface area contributed by atoms with E-state index in [2.05, 4.69) is 15.0 Å². The molecule has 0 saturated carbocycles. The summed E-state index contributed by atoms with van der Waals surface area (Å²) in [7, 11) is 1.48. The standard InChI is InChI=1S/C14H16N4O2S/c1-8-3-5-9(6-4-8)7-17-14(20)12-10(15)11(18-21-12)13(19)16-2/h3-6H,7,15H2,1-2H3,(H,16,19)(H,17,20). The number of nitrogens with one attached hydrogen (secondary N) is 2. The van der Waals surface area contributed by atoms with Crippen LogP contribution in [0.1, 0.15) is 31.3 Å². The third kappa shape index (κ3) is 3.38. The van der Waals surface area contributed by atoms with Gasteiger partial charge in [0.05, 0.1) is 5.69 Å². The molecule has 0 fully saturated rings. The monoisotopic (exact) mass is 304 g/mol. The van der Waals surface area contributed by atoms with E-state index < -0.39 is 5.91 Å². The molecule has 0 saturated heterocycles. The van der Waals surface area contributed by atoms with Crippen molar-refractivity contribution in [3.8, 4) is 0 Å². The average molecular weight is 304 g/mol. The number of hydrogen-bond acceptors (Lipinski definition) is 5. The Bertz CT molecular complexity index is 664. The molecule has 4 N–H and O–H groups in total. The van der Waals surface area contributed by atoms with Gasteiger partial charge in [0.2, 0.25) is 0 Å². The smallest absolute Gasteiger partial charge is 0.272 e. The number of nitrogen functional groups attached to an aromatic ring is 1. The van der Waals surface area contributed by atoms with Crippen LogP contribution in [0.15, 0.2) is 24.3 Å². The number of rotatable bonds is 4. The minimum Gasteiger partial charge on any atom is -0.395 e. The fourth-order valence-corrected chi connectivity index (χ4v) is 2.43. The van der Waals surface area contributed by atoms with Crippen LogP contribution in [0, 0.1) is 6.92 Å². The van der Waals surface area contributed by atoms with Crippen LogP contribution in [-0.4, -0.2) is 23.2 Å². The van der Waals surface area contributed by atoms with Crippen LogP contribution in [0.2, 0.25) is 0 Å². The van der Waals surface area contributed by atoms with Gasteiger partial charge in [0.1, 0.15) is 4.88 Å². The fourth-order valence-electron chi connectivity index (χ4n) is 1.71. The number of aryl methyl sites for hydroxylation is 1. The summed E-state index contributed by atoms with van der Waals surface area (Å²) >= 11 is 0.918. The molecule has 1 aromatic heterocycles. The number of amides is 2. The molecule has 6 nitrogen and oxygen atoms in total. The molecule has 0 aliphatic heterocycles. The van der Waals surface area contributed by atoms with Crippen molar-refractivity contribution in [2.24, 2.45) is 0 Å². The van der Waals surface area contributed by atoms with Gasteiger partial charge in [0.15, 0.2) is 5.69 Å². The summed E-state index contributed by atoms with van der Waals surface area (Å²) in [6, 6.07) is 7.85. The zero-order valence-corrected chi connectivity index (χ0v) is 12.6. The maximum atomic E-state index is 12.1. The summed E-state index contributed by atoms with van der Waals surface area (Å²) in [4.78, 5) is 23.8. The summed E-state index contributed by atoms with van der Waals surface area (Å²) in [6.45, 7) is 2.40. The number of anilines is 1. The second kappa shape index (κ2) is 6.36. The molecule has 7 heteroatoms. The van der Waals surface area contributed by atoms with Gasteiger partial charge in [-0.15, -0.1) is 0 Å². The Labute approximate surface area is 126 Å². The highest BCUT2D eigenvalue weighted by Crippen LogP contribution is 2.21. The minimum absolute atomic E-state index is 0.0861. The van der Waals surface area contributed by atoms with Crippen LogP contribution in [0.25, 0.3) is 0 Å². The fraction of sp³-hybridized carbons (Fsp3) is 0.214. The van der Waals surface area contributed by atoms with E-state index in [4.69, 9.17) is 5.73 Å². The SMILES string of the molecule is CNC(=O)c1nsc(C(=O)NCc2ccc(C)cc2)c1N. The van der Waals surface area contributed by atoms with E-state index in [1.165, 1.54) is 7.05 Å². The van der Waals surface area contributed by atoms with E-state index in [1.807, 2.05) is 31.2 Å². The Morgan fingerprint density at radius 3 is 2.52 bits per heavy atom. The van der Waals surface area contributed by atoms with Crippen molar-refractivity contribution < 1.29 is 9.59 Å². The third-order valence-electron chi connectivity index (χ3n) is 2.95. The van der Waals surface area contributed by atoms with Crippen molar-refractivity contribution in [2.75, 3.05) is 12.8 Å². The van der Waals surface area contributed by atoms with E-state index >= 15 is 0 Å². The first kappa shape index (κ1) is 15.0. The lowest BCUT2D eigenvalue weighted by Gasteiger charge is -2.05. The molecule has 1 aromatic carbocycles. The molecule has 0 radical (unpaired) electrons. The molecule has 0 aliphatic carbocycles. The summed E-state index contributed by atoms with van der Waals surface area (Å²) in [6.07, 6.45) is 0. The second-order valence-electron chi connectivity index (χ2n) is 4.52. The Morgan fingerprint density at radius 2 is 1.90 bits per heavy atom. The molecule has 110 valence electrons. The van der Waals surface area contributed by atoms with Gasteiger partial charge in [-0.05, 0) is 24.0 Å². The first-order valence-electron chi connectivity index (χ1n) is 6.34. The molecule has 1 heterocycles. The van der Waals surface area contributed by atoms with Gasteiger partial charge >= 0.3 is 0 Å². The second-order valence-corrected chi connectivity index (χ2v) is 5.29.